The lowest BCUT2D eigenvalue weighted by atomic mass is 10.2. The first-order valence-electron chi connectivity index (χ1n) is 6.72. The SMILES string of the molecule is Cc1nn(-c2ccc(Cl)cc2Cl)c(=O)n1Cc1ccccc1. The molecular weight excluding hydrogens is 321 g/mol. The summed E-state index contributed by atoms with van der Waals surface area (Å²) in [7, 11) is 0. The second-order valence-electron chi connectivity index (χ2n) is 4.91. The Labute approximate surface area is 137 Å². The Bertz CT molecular complexity index is 869. The molecule has 0 bridgehead atoms. The molecule has 0 saturated heterocycles. The first-order valence-corrected chi connectivity index (χ1v) is 7.47. The van der Waals surface area contributed by atoms with Crippen LogP contribution in [0.15, 0.2) is 53.3 Å². The first-order chi connectivity index (χ1) is 10.6. The zero-order valence-electron chi connectivity index (χ0n) is 11.8. The summed E-state index contributed by atoms with van der Waals surface area (Å²) in [6, 6.07) is 14.7. The van der Waals surface area contributed by atoms with Crippen molar-refractivity contribution >= 4 is 23.2 Å². The van der Waals surface area contributed by atoms with Crippen molar-refractivity contribution in [1.82, 2.24) is 14.3 Å². The highest BCUT2D eigenvalue weighted by Gasteiger charge is 2.14. The van der Waals surface area contributed by atoms with Gasteiger partial charge in [0.15, 0.2) is 0 Å². The van der Waals surface area contributed by atoms with Gasteiger partial charge in [-0.15, -0.1) is 0 Å². The number of hydrogen-bond donors (Lipinski definition) is 0. The van der Waals surface area contributed by atoms with Gasteiger partial charge in [-0.05, 0) is 30.7 Å². The summed E-state index contributed by atoms with van der Waals surface area (Å²) in [5, 5.41) is 5.21. The van der Waals surface area contributed by atoms with Crippen LogP contribution in [0.25, 0.3) is 5.69 Å². The third-order valence-corrected chi connectivity index (χ3v) is 3.91. The normalized spacial score (nSPS) is 10.9. The molecular formula is C16H13Cl2N3O. The molecule has 0 N–H and O–H groups in total. The van der Waals surface area contributed by atoms with Crippen molar-refractivity contribution in [3.63, 3.8) is 0 Å². The van der Waals surface area contributed by atoms with E-state index < -0.39 is 0 Å². The molecule has 0 aliphatic carbocycles. The maximum Gasteiger partial charge on any atom is 0.351 e. The van der Waals surface area contributed by atoms with Crippen molar-refractivity contribution < 1.29 is 0 Å². The van der Waals surface area contributed by atoms with Gasteiger partial charge in [0.2, 0.25) is 0 Å². The van der Waals surface area contributed by atoms with Crippen molar-refractivity contribution in [2.24, 2.45) is 0 Å². The van der Waals surface area contributed by atoms with Crippen molar-refractivity contribution in [3.8, 4) is 5.69 Å². The van der Waals surface area contributed by atoms with E-state index in [9.17, 15) is 4.79 Å². The average molecular weight is 334 g/mol. The van der Waals surface area contributed by atoms with Crippen molar-refractivity contribution in [3.05, 3.63) is 80.4 Å². The van der Waals surface area contributed by atoms with E-state index >= 15 is 0 Å². The lowest BCUT2D eigenvalue weighted by Gasteiger charge is -2.04. The third kappa shape index (κ3) is 2.80. The molecule has 0 spiro atoms. The largest absolute Gasteiger partial charge is 0.351 e. The van der Waals surface area contributed by atoms with Gasteiger partial charge in [0, 0.05) is 5.02 Å². The maximum atomic E-state index is 12.6. The van der Waals surface area contributed by atoms with Crippen LogP contribution in [0, 0.1) is 6.92 Å². The van der Waals surface area contributed by atoms with Crippen LogP contribution in [0.1, 0.15) is 11.4 Å². The average Bonchev–Trinajstić information content (AvgIpc) is 2.76. The minimum atomic E-state index is -0.231. The second-order valence-corrected chi connectivity index (χ2v) is 5.75. The summed E-state index contributed by atoms with van der Waals surface area (Å²) < 4.78 is 2.91. The Kier molecular flexibility index (Phi) is 4.05. The number of nitrogens with zero attached hydrogens (tertiary/aromatic N) is 3. The highest BCUT2D eigenvalue weighted by Crippen LogP contribution is 2.23. The molecule has 1 heterocycles. The summed E-state index contributed by atoms with van der Waals surface area (Å²) >= 11 is 12.1. The molecule has 3 aromatic rings. The molecule has 0 aliphatic rings. The van der Waals surface area contributed by atoms with Gasteiger partial charge >= 0.3 is 5.69 Å². The zero-order valence-corrected chi connectivity index (χ0v) is 13.3. The van der Waals surface area contributed by atoms with E-state index in [0.717, 1.165) is 5.56 Å². The van der Waals surface area contributed by atoms with Gasteiger partial charge in [0.25, 0.3) is 0 Å². The minimum absolute atomic E-state index is 0.231. The number of halogens is 2. The summed E-state index contributed by atoms with van der Waals surface area (Å²) in [5.41, 5.74) is 1.33. The Morgan fingerprint density at radius 3 is 2.50 bits per heavy atom. The van der Waals surface area contributed by atoms with E-state index in [0.29, 0.717) is 28.1 Å². The maximum absolute atomic E-state index is 12.6. The number of rotatable bonds is 3. The molecule has 0 aliphatic heterocycles. The highest BCUT2D eigenvalue weighted by atomic mass is 35.5. The summed E-state index contributed by atoms with van der Waals surface area (Å²) in [5.74, 6) is 0.625. The van der Waals surface area contributed by atoms with Crippen LogP contribution < -0.4 is 5.69 Å². The monoisotopic (exact) mass is 333 g/mol. The molecule has 0 amide bonds. The van der Waals surface area contributed by atoms with Gasteiger partial charge in [-0.2, -0.15) is 9.78 Å². The standard InChI is InChI=1S/C16H13Cl2N3O/c1-11-19-21(15-8-7-13(17)9-14(15)18)16(22)20(11)10-12-5-3-2-4-6-12/h2-9H,10H2,1H3. The lowest BCUT2D eigenvalue weighted by molar-refractivity contribution is 0.723. The fourth-order valence-electron chi connectivity index (χ4n) is 2.25. The van der Waals surface area contributed by atoms with Crippen molar-refractivity contribution in [1.29, 1.82) is 0 Å². The van der Waals surface area contributed by atoms with E-state index in [2.05, 4.69) is 5.10 Å². The van der Waals surface area contributed by atoms with Crippen LogP contribution in [0.3, 0.4) is 0 Å². The van der Waals surface area contributed by atoms with E-state index in [1.54, 1.807) is 29.7 Å². The Morgan fingerprint density at radius 2 is 1.82 bits per heavy atom. The van der Waals surface area contributed by atoms with Gasteiger partial charge in [-0.3, -0.25) is 4.57 Å². The van der Waals surface area contributed by atoms with Crippen LogP contribution in [0.2, 0.25) is 10.0 Å². The molecule has 0 unspecified atom stereocenters. The Hall–Kier alpha value is -2.04. The van der Waals surface area contributed by atoms with Crippen LogP contribution >= 0.6 is 23.2 Å². The van der Waals surface area contributed by atoms with Crippen LogP contribution in [-0.2, 0) is 6.54 Å². The Balaban J connectivity index is 2.05. The summed E-state index contributed by atoms with van der Waals surface area (Å²) in [6.07, 6.45) is 0. The molecule has 1 aromatic heterocycles. The minimum Gasteiger partial charge on any atom is -0.274 e. The first kappa shape index (κ1) is 14.9. The molecule has 6 heteroatoms. The molecule has 112 valence electrons. The van der Waals surface area contributed by atoms with Crippen LogP contribution in [-0.4, -0.2) is 14.3 Å². The molecule has 0 atom stereocenters. The van der Waals surface area contributed by atoms with Gasteiger partial charge in [-0.1, -0.05) is 53.5 Å². The van der Waals surface area contributed by atoms with Gasteiger partial charge in [0.05, 0.1) is 17.3 Å². The molecule has 4 nitrogen and oxygen atoms in total. The molecule has 3 rings (SSSR count). The van der Waals surface area contributed by atoms with E-state index in [-0.39, 0.29) is 5.69 Å². The highest BCUT2D eigenvalue weighted by molar-refractivity contribution is 6.35. The lowest BCUT2D eigenvalue weighted by Crippen LogP contribution is -2.24. The van der Waals surface area contributed by atoms with Crippen molar-refractivity contribution in [2.75, 3.05) is 0 Å². The second kappa shape index (κ2) is 5.99. The fraction of sp³-hybridized carbons (Fsp3) is 0.125. The van der Waals surface area contributed by atoms with Gasteiger partial charge in [-0.25, -0.2) is 4.79 Å². The predicted octanol–water partition coefficient (Wildman–Crippen LogP) is 3.70. The quantitative estimate of drug-likeness (QED) is 0.733. The van der Waals surface area contributed by atoms with E-state index in [4.69, 9.17) is 23.2 Å². The molecule has 22 heavy (non-hydrogen) atoms. The molecule has 0 radical (unpaired) electrons. The third-order valence-electron chi connectivity index (χ3n) is 3.37. The zero-order chi connectivity index (χ0) is 15.7. The smallest absolute Gasteiger partial charge is 0.274 e. The number of aryl methyl sites for hydroxylation is 1. The number of hydrogen-bond acceptors (Lipinski definition) is 2. The molecule has 0 saturated carbocycles. The summed E-state index contributed by atoms with van der Waals surface area (Å²) in [6.45, 7) is 2.27. The van der Waals surface area contributed by atoms with Crippen LogP contribution in [0.4, 0.5) is 0 Å². The van der Waals surface area contributed by atoms with Gasteiger partial charge in [0.1, 0.15) is 5.82 Å². The van der Waals surface area contributed by atoms with Gasteiger partial charge < -0.3 is 0 Å². The predicted molar refractivity (Wildman–Crippen MR) is 88.1 cm³/mol. The number of benzene rings is 2. The topological polar surface area (TPSA) is 39.8 Å². The van der Waals surface area contributed by atoms with Crippen LogP contribution in [0.5, 0.6) is 0 Å². The van der Waals surface area contributed by atoms with E-state index in [1.165, 1.54) is 4.68 Å². The number of aromatic nitrogens is 3. The molecule has 0 fully saturated rings. The summed E-state index contributed by atoms with van der Waals surface area (Å²) in [4.78, 5) is 12.6. The van der Waals surface area contributed by atoms with Crippen molar-refractivity contribution in [2.45, 2.75) is 13.5 Å². The van der Waals surface area contributed by atoms with E-state index in [1.807, 2.05) is 30.3 Å². The fourth-order valence-corrected chi connectivity index (χ4v) is 2.74. The Morgan fingerprint density at radius 1 is 1.09 bits per heavy atom. The molecule has 2 aromatic carbocycles.